The van der Waals surface area contributed by atoms with Crippen molar-refractivity contribution in [2.24, 2.45) is 5.92 Å². The quantitative estimate of drug-likeness (QED) is 0.439. The second-order valence-corrected chi connectivity index (χ2v) is 9.30. The molecule has 0 saturated heterocycles. The van der Waals surface area contributed by atoms with Gasteiger partial charge in [0.05, 0.1) is 24.8 Å². The standard InChI is InChI=1S/C23H36N2O3.C2H2O4/c1-16(2)28-20-10-9-18-11-12-25(22(27)15-24-14-17(3)26)23(21(18)13-20)19-7-5-4-6-8-19;3-1(4)2(5)6/h9-10,13,16-17,19,23-24,26H,4-8,11-12,14-15H2,1-3H3;(H,3,4)(H,5,6)/t17-,23?;/m1./s1. The van der Waals surface area contributed by atoms with Gasteiger partial charge in [-0.3, -0.25) is 4.79 Å². The summed E-state index contributed by atoms with van der Waals surface area (Å²) in [6, 6.07) is 6.58. The lowest BCUT2D eigenvalue weighted by Crippen LogP contribution is -2.47. The fourth-order valence-electron chi connectivity index (χ4n) is 4.70. The maximum absolute atomic E-state index is 13.1. The van der Waals surface area contributed by atoms with E-state index in [1.807, 2.05) is 13.8 Å². The van der Waals surface area contributed by atoms with E-state index in [2.05, 4.69) is 28.4 Å². The number of carboxylic acids is 2. The van der Waals surface area contributed by atoms with E-state index in [-0.39, 0.29) is 24.6 Å². The van der Waals surface area contributed by atoms with Gasteiger partial charge in [-0.15, -0.1) is 0 Å². The zero-order chi connectivity index (χ0) is 25.3. The van der Waals surface area contributed by atoms with Crippen LogP contribution in [0.1, 0.15) is 70.0 Å². The molecule has 4 N–H and O–H groups in total. The molecule has 190 valence electrons. The van der Waals surface area contributed by atoms with Crippen molar-refractivity contribution in [3.05, 3.63) is 29.3 Å². The largest absolute Gasteiger partial charge is 0.491 e. The van der Waals surface area contributed by atoms with Gasteiger partial charge in [0.2, 0.25) is 5.91 Å². The molecule has 0 spiro atoms. The Morgan fingerprint density at radius 3 is 2.29 bits per heavy atom. The lowest BCUT2D eigenvalue weighted by molar-refractivity contribution is -0.159. The van der Waals surface area contributed by atoms with Gasteiger partial charge in [-0.25, -0.2) is 9.59 Å². The monoisotopic (exact) mass is 478 g/mol. The molecule has 3 rings (SSSR count). The second kappa shape index (κ2) is 13.3. The predicted molar refractivity (Wildman–Crippen MR) is 127 cm³/mol. The first-order chi connectivity index (χ1) is 16.1. The number of hydrogen-bond donors (Lipinski definition) is 4. The third-order valence-corrected chi connectivity index (χ3v) is 6.08. The van der Waals surface area contributed by atoms with Gasteiger partial charge in [-0.05, 0) is 69.2 Å². The van der Waals surface area contributed by atoms with Crippen LogP contribution in [0.3, 0.4) is 0 Å². The molecule has 34 heavy (non-hydrogen) atoms. The molecule has 1 heterocycles. The van der Waals surface area contributed by atoms with Crippen molar-refractivity contribution in [1.29, 1.82) is 0 Å². The molecule has 1 fully saturated rings. The van der Waals surface area contributed by atoms with E-state index >= 15 is 0 Å². The highest BCUT2D eigenvalue weighted by Crippen LogP contribution is 2.43. The predicted octanol–water partition coefficient (Wildman–Crippen LogP) is 2.61. The van der Waals surface area contributed by atoms with Gasteiger partial charge in [0.25, 0.3) is 0 Å². The van der Waals surface area contributed by atoms with Gasteiger partial charge in [0, 0.05) is 13.1 Å². The summed E-state index contributed by atoms with van der Waals surface area (Å²) in [7, 11) is 0. The first-order valence-electron chi connectivity index (χ1n) is 12.0. The van der Waals surface area contributed by atoms with Crippen LogP contribution in [0.2, 0.25) is 0 Å². The van der Waals surface area contributed by atoms with Gasteiger partial charge in [0.15, 0.2) is 0 Å². The zero-order valence-corrected chi connectivity index (χ0v) is 20.3. The van der Waals surface area contributed by atoms with Gasteiger partial charge >= 0.3 is 11.9 Å². The van der Waals surface area contributed by atoms with Crippen LogP contribution < -0.4 is 10.1 Å². The topological polar surface area (TPSA) is 136 Å². The lowest BCUT2D eigenvalue weighted by Gasteiger charge is -2.43. The molecular formula is C25H38N2O7. The molecule has 9 nitrogen and oxygen atoms in total. The minimum atomic E-state index is -1.82. The van der Waals surface area contributed by atoms with Gasteiger partial charge in [-0.1, -0.05) is 25.3 Å². The summed E-state index contributed by atoms with van der Waals surface area (Å²) >= 11 is 0. The van der Waals surface area contributed by atoms with Crippen molar-refractivity contribution in [2.75, 3.05) is 19.6 Å². The molecule has 1 unspecified atom stereocenters. The van der Waals surface area contributed by atoms with Crippen molar-refractivity contribution in [2.45, 2.75) is 77.5 Å². The van der Waals surface area contributed by atoms with E-state index < -0.39 is 18.0 Å². The number of fused-ring (bicyclic) bond motifs is 1. The van der Waals surface area contributed by atoms with E-state index in [1.54, 1.807) is 6.92 Å². The molecule has 1 saturated carbocycles. The van der Waals surface area contributed by atoms with Gasteiger partial charge in [0.1, 0.15) is 5.75 Å². The van der Waals surface area contributed by atoms with Crippen LogP contribution in [0.5, 0.6) is 5.75 Å². The van der Waals surface area contributed by atoms with Crippen molar-refractivity contribution >= 4 is 17.8 Å². The smallest absolute Gasteiger partial charge is 0.414 e. The molecule has 1 aromatic carbocycles. The summed E-state index contributed by atoms with van der Waals surface area (Å²) in [5.41, 5.74) is 2.63. The fourth-order valence-corrected chi connectivity index (χ4v) is 4.70. The molecule has 0 radical (unpaired) electrons. The van der Waals surface area contributed by atoms with Crippen molar-refractivity contribution < 1.29 is 34.4 Å². The highest BCUT2D eigenvalue weighted by atomic mass is 16.5. The molecular weight excluding hydrogens is 440 g/mol. The van der Waals surface area contributed by atoms with Crippen LogP contribution in [0, 0.1) is 5.92 Å². The van der Waals surface area contributed by atoms with Gasteiger partial charge in [-0.2, -0.15) is 0 Å². The normalized spacial score (nSPS) is 19.0. The summed E-state index contributed by atoms with van der Waals surface area (Å²) in [6.07, 6.45) is 6.76. The average molecular weight is 479 g/mol. The zero-order valence-electron chi connectivity index (χ0n) is 20.3. The highest BCUT2D eigenvalue weighted by molar-refractivity contribution is 6.27. The van der Waals surface area contributed by atoms with Gasteiger partial charge < -0.3 is 30.3 Å². The Hall–Kier alpha value is -2.65. The Kier molecular flexibility index (Phi) is 10.8. The number of hydrogen-bond acceptors (Lipinski definition) is 6. The van der Waals surface area contributed by atoms with Crippen LogP contribution in [0.15, 0.2) is 18.2 Å². The Labute approximate surface area is 201 Å². The number of amides is 1. The van der Waals surface area contributed by atoms with Crippen LogP contribution >= 0.6 is 0 Å². The Balaban J connectivity index is 0.000000604. The number of carbonyl (C=O) groups is 3. The lowest BCUT2D eigenvalue weighted by atomic mass is 9.77. The molecule has 1 aromatic rings. The summed E-state index contributed by atoms with van der Waals surface area (Å²) in [4.78, 5) is 33.3. The van der Waals surface area contributed by atoms with Crippen LogP contribution in [0.4, 0.5) is 0 Å². The number of ether oxygens (including phenoxy) is 1. The molecule has 2 aliphatic rings. The first-order valence-corrected chi connectivity index (χ1v) is 12.0. The molecule has 2 atom stereocenters. The molecule has 1 aliphatic heterocycles. The average Bonchev–Trinajstić information content (AvgIpc) is 2.78. The number of carboxylic acid groups (broad SMARTS) is 2. The summed E-state index contributed by atoms with van der Waals surface area (Å²) < 4.78 is 5.96. The highest BCUT2D eigenvalue weighted by Gasteiger charge is 2.36. The molecule has 0 aromatic heterocycles. The minimum absolute atomic E-state index is 0.136. The van der Waals surface area contributed by atoms with Crippen LogP contribution in [-0.4, -0.2) is 69.9 Å². The number of nitrogens with zero attached hydrogens (tertiary/aromatic N) is 1. The Morgan fingerprint density at radius 2 is 1.74 bits per heavy atom. The molecule has 1 amide bonds. The molecule has 9 heteroatoms. The van der Waals surface area contributed by atoms with E-state index in [0.29, 0.717) is 12.5 Å². The van der Waals surface area contributed by atoms with Crippen molar-refractivity contribution in [3.63, 3.8) is 0 Å². The number of rotatable bonds is 7. The summed E-state index contributed by atoms with van der Waals surface area (Å²) in [6.45, 7) is 7.31. The van der Waals surface area contributed by atoms with Crippen molar-refractivity contribution in [3.8, 4) is 5.75 Å². The van der Waals surface area contributed by atoms with Crippen LogP contribution in [0.25, 0.3) is 0 Å². The van der Waals surface area contributed by atoms with E-state index in [9.17, 15) is 9.90 Å². The van der Waals surface area contributed by atoms with Crippen molar-refractivity contribution in [1.82, 2.24) is 10.2 Å². The fraction of sp³-hybridized carbons (Fsp3) is 0.640. The minimum Gasteiger partial charge on any atom is -0.491 e. The number of benzene rings is 1. The number of aliphatic carboxylic acids is 2. The Bertz CT molecular complexity index is 823. The SMILES string of the molecule is CC(C)Oc1ccc2c(c1)C(C1CCCCC1)N(C(=O)CNC[C@@H](C)O)CC2.O=C(O)C(=O)O. The molecule has 1 aliphatic carbocycles. The first kappa shape index (κ1) is 27.6. The van der Waals surface area contributed by atoms with E-state index in [1.165, 1.54) is 43.2 Å². The Morgan fingerprint density at radius 1 is 1.09 bits per heavy atom. The maximum atomic E-state index is 13.1. The number of aliphatic hydroxyl groups is 1. The maximum Gasteiger partial charge on any atom is 0.414 e. The molecule has 0 bridgehead atoms. The van der Waals surface area contributed by atoms with E-state index in [4.69, 9.17) is 24.5 Å². The third-order valence-electron chi connectivity index (χ3n) is 6.08. The summed E-state index contributed by atoms with van der Waals surface area (Å²) in [5.74, 6) is -2.10. The summed E-state index contributed by atoms with van der Waals surface area (Å²) in [5, 5.41) is 27.3. The number of carbonyl (C=O) groups excluding carboxylic acids is 1. The number of nitrogens with one attached hydrogen (secondary N) is 1. The second-order valence-electron chi connectivity index (χ2n) is 9.30. The third kappa shape index (κ3) is 8.29. The van der Waals surface area contributed by atoms with E-state index in [0.717, 1.165) is 18.7 Å². The van der Waals surface area contributed by atoms with Crippen LogP contribution in [-0.2, 0) is 20.8 Å². The number of aliphatic hydroxyl groups excluding tert-OH is 1.